The largest absolute Gasteiger partial charge is 0.451 e. The molecule has 138 valence electrons. The summed E-state index contributed by atoms with van der Waals surface area (Å²) in [5.74, 6) is -1.03. The average molecular weight is 356 g/mol. The van der Waals surface area contributed by atoms with Crippen LogP contribution in [0.3, 0.4) is 0 Å². The molecule has 2 rings (SSSR count). The molecule has 6 heteroatoms. The van der Waals surface area contributed by atoms with Gasteiger partial charge in [0.2, 0.25) is 0 Å². The van der Waals surface area contributed by atoms with Crippen molar-refractivity contribution in [2.75, 3.05) is 6.61 Å². The van der Waals surface area contributed by atoms with E-state index in [-0.39, 0.29) is 30.0 Å². The first-order valence-corrected chi connectivity index (χ1v) is 8.47. The molecule has 0 aliphatic carbocycles. The number of rotatable bonds is 7. The van der Waals surface area contributed by atoms with E-state index in [1.54, 1.807) is 18.1 Å². The normalized spacial score (nSPS) is 10.7. The van der Waals surface area contributed by atoms with E-state index >= 15 is 0 Å². The molecule has 0 atom stereocenters. The number of amides is 1. The third kappa shape index (κ3) is 4.81. The molecule has 0 bridgehead atoms. The Kier molecular flexibility index (Phi) is 6.33. The summed E-state index contributed by atoms with van der Waals surface area (Å²) in [6, 6.07) is 11.1. The summed E-state index contributed by atoms with van der Waals surface area (Å²) in [5.41, 5.74) is 1.68. The number of carbonyl (C=O) groups excluding carboxylic acids is 3. The maximum Gasteiger partial charge on any atom is 0.355 e. The highest BCUT2D eigenvalue weighted by Crippen LogP contribution is 2.11. The van der Waals surface area contributed by atoms with Gasteiger partial charge in [0.05, 0.1) is 0 Å². The monoisotopic (exact) mass is 356 g/mol. The molecule has 0 spiro atoms. The molecule has 1 heterocycles. The van der Waals surface area contributed by atoms with Gasteiger partial charge in [0.1, 0.15) is 5.69 Å². The van der Waals surface area contributed by atoms with E-state index in [4.69, 9.17) is 4.74 Å². The van der Waals surface area contributed by atoms with Gasteiger partial charge in [-0.1, -0.05) is 30.3 Å². The van der Waals surface area contributed by atoms with Gasteiger partial charge in [0, 0.05) is 31.4 Å². The summed E-state index contributed by atoms with van der Waals surface area (Å²) in [6.45, 7) is 5.37. The maximum atomic E-state index is 12.5. The molecule has 0 aliphatic heterocycles. The van der Waals surface area contributed by atoms with E-state index in [2.05, 4.69) is 0 Å². The Morgan fingerprint density at radius 2 is 1.81 bits per heavy atom. The van der Waals surface area contributed by atoms with E-state index in [1.807, 2.05) is 44.2 Å². The summed E-state index contributed by atoms with van der Waals surface area (Å²) < 4.78 is 6.69. The van der Waals surface area contributed by atoms with Crippen molar-refractivity contribution in [2.24, 2.45) is 7.05 Å². The van der Waals surface area contributed by atoms with Gasteiger partial charge in [-0.05, 0) is 32.4 Å². The lowest BCUT2D eigenvalue weighted by Gasteiger charge is -2.26. The second-order valence-corrected chi connectivity index (χ2v) is 6.46. The molecule has 26 heavy (non-hydrogen) atoms. The molecule has 1 amide bonds. The fraction of sp³-hybridized carbons (Fsp3) is 0.350. The minimum atomic E-state index is -0.628. The van der Waals surface area contributed by atoms with Crippen LogP contribution >= 0.6 is 0 Å². The molecule has 0 fully saturated rings. The summed E-state index contributed by atoms with van der Waals surface area (Å²) in [6.07, 6.45) is 1.57. The molecule has 1 aromatic heterocycles. The number of aryl methyl sites for hydroxylation is 1. The van der Waals surface area contributed by atoms with Gasteiger partial charge < -0.3 is 14.2 Å². The second kappa shape index (κ2) is 8.47. The molecule has 1 aromatic carbocycles. The first kappa shape index (κ1) is 19.4. The number of nitrogens with zero attached hydrogens (tertiary/aromatic N) is 2. The standard InChI is InChI=1S/C20H24N2O4/c1-14(2)22(11-16-8-6-5-7-9-16)19(24)13-26-20(25)18-10-17(15(3)23)12-21(18)4/h5-10,12,14H,11,13H2,1-4H3. The average Bonchev–Trinajstić information content (AvgIpc) is 3.00. The van der Waals surface area contributed by atoms with E-state index in [1.165, 1.54) is 17.6 Å². The second-order valence-electron chi connectivity index (χ2n) is 6.46. The van der Waals surface area contributed by atoms with Crippen molar-refractivity contribution < 1.29 is 19.1 Å². The van der Waals surface area contributed by atoms with Crippen molar-refractivity contribution >= 4 is 17.7 Å². The highest BCUT2D eigenvalue weighted by Gasteiger charge is 2.21. The number of ketones is 1. The fourth-order valence-corrected chi connectivity index (χ4v) is 2.58. The highest BCUT2D eigenvalue weighted by molar-refractivity contribution is 5.98. The maximum absolute atomic E-state index is 12.5. The third-order valence-electron chi connectivity index (χ3n) is 4.09. The number of carbonyl (C=O) groups is 3. The molecule has 0 saturated carbocycles. The number of aromatic nitrogens is 1. The van der Waals surface area contributed by atoms with Crippen LogP contribution in [0.4, 0.5) is 0 Å². The molecule has 2 aromatic rings. The zero-order valence-electron chi connectivity index (χ0n) is 15.6. The molecule has 6 nitrogen and oxygen atoms in total. The van der Waals surface area contributed by atoms with Crippen molar-refractivity contribution in [1.29, 1.82) is 0 Å². The van der Waals surface area contributed by atoms with Crippen molar-refractivity contribution in [1.82, 2.24) is 9.47 Å². The topological polar surface area (TPSA) is 68.6 Å². The van der Waals surface area contributed by atoms with E-state index in [9.17, 15) is 14.4 Å². The number of Topliss-reactive ketones (excluding diaryl/α,β-unsaturated/α-hetero) is 1. The van der Waals surface area contributed by atoms with Gasteiger partial charge in [0.15, 0.2) is 12.4 Å². The first-order valence-electron chi connectivity index (χ1n) is 8.47. The number of hydrogen-bond donors (Lipinski definition) is 0. The molecule has 0 saturated heterocycles. The zero-order chi connectivity index (χ0) is 19.3. The van der Waals surface area contributed by atoms with E-state index in [0.29, 0.717) is 12.1 Å². The number of ether oxygens (including phenoxy) is 1. The van der Waals surface area contributed by atoms with Gasteiger partial charge in [-0.15, -0.1) is 0 Å². The van der Waals surface area contributed by atoms with Crippen molar-refractivity contribution in [3.63, 3.8) is 0 Å². The Bertz CT molecular complexity index is 793. The Morgan fingerprint density at radius 3 is 2.35 bits per heavy atom. The van der Waals surface area contributed by atoms with Crippen LogP contribution in [0, 0.1) is 0 Å². The van der Waals surface area contributed by atoms with Crippen LogP contribution in [-0.4, -0.2) is 39.8 Å². The smallest absolute Gasteiger partial charge is 0.355 e. The summed E-state index contributed by atoms with van der Waals surface area (Å²) in [7, 11) is 1.65. The number of benzene rings is 1. The van der Waals surface area contributed by atoms with Gasteiger partial charge in [-0.3, -0.25) is 9.59 Å². The van der Waals surface area contributed by atoms with Crippen molar-refractivity contribution in [3.8, 4) is 0 Å². The predicted octanol–water partition coefficient (Wildman–Crippen LogP) is 2.82. The first-order chi connectivity index (χ1) is 12.3. The summed E-state index contributed by atoms with van der Waals surface area (Å²) in [5, 5.41) is 0. The Hall–Kier alpha value is -2.89. The zero-order valence-corrected chi connectivity index (χ0v) is 15.6. The van der Waals surface area contributed by atoms with Crippen LogP contribution < -0.4 is 0 Å². The number of esters is 1. The highest BCUT2D eigenvalue weighted by atomic mass is 16.5. The Morgan fingerprint density at radius 1 is 1.15 bits per heavy atom. The quantitative estimate of drug-likeness (QED) is 0.565. The van der Waals surface area contributed by atoms with Crippen LogP contribution in [0.2, 0.25) is 0 Å². The van der Waals surface area contributed by atoms with E-state index < -0.39 is 5.97 Å². The molecular weight excluding hydrogens is 332 g/mol. The van der Waals surface area contributed by atoms with Crippen LogP contribution in [0.15, 0.2) is 42.6 Å². The minimum Gasteiger partial charge on any atom is -0.451 e. The molecule has 0 N–H and O–H groups in total. The molecule has 0 radical (unpaired) electrons. The van der Waals surface area contributed by atoms with Gasteiger partial charge >= 0.3 is 5.97 Å². The van der Waals surface area contributed by atoms with Crippen molar-refractivity contribution in [3.05, 3.63) is 59.4 Å². The number of hydrogen-bond acceptors (Lipinski definition) is 4. The lowest BCUT2D eigenvalue weighted by atomic mass is 10.2. The van der Waals surface area contributed by atoms with E-state index in [0.717, 1.165) is 5.56 Å². The van der Waals surface area contributed by atoms with Crippen LogP contribution in [0.5, 0.6) is 0 Å². The summed E-state index contributed by atoms with van der Waals surface area (Å²) >= 11 is 0. The fourth-order valence-electron chi connectivity index (χ4n) is 2.58. The summed E-state index contributed by atoms with van der Waals surface area (Å²) in [4.78, 5) is 37.8. The van der Waals surface area contributed by atoms with Crippen LogP contribution in [0.25, 0.3) is 0 Å². The van der Waals surface area contributed by atoms with Gasteiger partial charge in [-0.25, -0.2) is 4.79 Å². The third-order valence-corrected chi connectivity index (χ3v) is 4.09. The molecule has 0 unspecified atom stereocenters. The van der Waals surface area contributed by atoms with Crippen LogP contribution in [-0.2, 0) is 23.1 Å². The lowest BCUT2D eigenvalue weighted by Crippen LogP contribution is -2.39. The van der Waals surface area contributed by atoms with Gasteiger partial charge in [0.25, 0.3) is 5.91 Å². The molecule has 0 aliphatic rings. The lowest BCUT2D eigenvalue weighted by molar-refractivity contribution is -0.137. The Balaban J connectivity index is 2.01. The SMILES string of the molecule is CC(=O)c1cc(C(=O)OCC(=O)N(Cc2ccccc2)C(C)C)n(C)c1. The van der Waals surface area contributed by atoms with Gasteiger partial charge in [-0.2, -0.15) is 0 Å². The molecular formula is C20H24N2O4. The van der Waals surface area contributed by atoms with Crippen LogP contribution in [0.1, 0.15) is 47.2 Å². The minimum absolute atomic E-state index is 0.0271. The Labute approximate surface area is 153 Å². The van der Waals surface area contributed by atoms with Crippen molar-refractivity contribution in [2.45, 2.75) is 33.4 Å². The predicted molar refractivity (Wildman–Crippen MR) is 97.8 cm³/mol.